The third-order valence-corrected chi connectivity index (χ3v) is 5.27. The van der Waals surface area contributed by atoms with Gasteiger partial charge in [-0.05, 0) is 0 Å². The molecule has 0 aliphatic carbocycles. The number of aliphatic hydroxyl groups excluding tert-OH is 2. The Balaban J connectivity index is 1.88. The third kappa shape index (κ3) is 3.46. The minimum atomic E-state index is -2.00. The van der Waals surface area contributed by atoms with Gasteiger partial charge in [-0.15, -0.1) is 0 Å². The second-order valence-electron chi connectivity index (χ2n) is 7.05. The van der Waals surface area contributed by atoms with Gasteiger partial charge in [0.25, 0.3) is 0 Å². The molecular weight excluding hydrogens is 406 g/mol. The molecule has 1 aromatic carbocycles. The van der Waals surface area contributed by atoms with Crippen LogP contribution >= 0.6 is 0 Å². The maximum Gasteiger partial charge on any atom is 0.241 e. The highest BCUT2D eigenvalue weighted by Gasteiger charge is 2.61. The number of carbonyl (C=O) groups excluding carboxylic acids is 1. The van der Waals surface area contributed by atoms with E-state index >= 15 is 0 Å². The van der Waals surface area contributed by atoms with Gasteiger partial charge < -0.3 is 30.2 Å². The number of benzene rings is 1. The van der Waals surface area contributed by atoms with Gasteiger partial charge in [0.2, 0.25) is 11.5 Å². The van der Waals surface area contributed by atoms with Gasteiger partial charge in [-0.25, -0.2) is 15.0 Å². The summed E-state index contributed by atoms with van der Waals surface area (Å²) in [6, 6.07) is 8.38. The summed E-state index contributed by atoms with van der Waals surface area (Å²) in [4.78, 5) is 26.1. The van der Waals surface area contributed by atoms with Crippen molar-refractivity contribution in [3.05, 3.63) is 48.5 Å². The SMILES string of the molecule is COCCO[C@H]1[C@@H](O)[C@](C(=O)c2ccccc2)(n2cnc3c(N)ncnc32)O[C@@H]1CO. The lowest BCUT2D eigenvalue weighted by atomic mass is 9.93. The predicted octanol–water partition coefficient (Wildman–Crippen LogP) is -0.272. The monoisotopic (exact) mass is 429 g/mol. The summed E-state index contributed by atoms with van der Waals surface area (Å²) in [5.74, 6) is -0.432. The van der Waals surface area contributed by atoms with Gasteiger partial charge in [0.1, 0.15) is 36.5 Å². The fourth-order valence-electron chi connectivity index (χ4n) is 3.79. The number of fused-ring (bicyclic) bond motifs is 1. The van der Waals surface area contributed by atoms with Crippen LogP contribution in [-0.4, -0.2) is 80.8 Å². The molecule has 11 heteroatoms. The molecule has 1 saturated heterocycles. The Morgan fingerprint density at radius 3 is 2.74 bits per heavy atom. The molecule has 4 atom stereocenters. The lowest BCUT2D eigenvalue weighted by Crippen LogP contribution is -2.52. The molecule has 4 N–H and O–H groups in total. The Bertz CT molecular complexity index is 1060. The van der Waals surface area contributed by atoms with Gasteiger partial charge >= 0.3 is 0 Å². The zero-order chi connectivity index (χ0) is 22.0. The number of ketones is 1. The third-order valence-electron chi connectivity index (χ3n) is 5.27. The molecule has 3 aromatic rings. The van der Waals surface area contributed by atoms with Crippen LogP contribution in [0, 0.1) is 0 Å². The van der Waals surface area contributed by atoms with E-state index in [9.17, 15) is 15.0 Å². The molecule has 164 valence electrons. The molecule has 31 heavy (non-hydrogen) atoms. The summed E-state index contributed by atoms with van der Waals surface area (Å²) >= 11 is 0. The van der Waals surface area contributed by atoms with Crippen molar-refractivity contribution in [2.75, 3.05) is 32.7 Å². The number of anilines is 1. The summed E-state index contributed by atoms with van der Waals surface area (Å²) in [5, 5.41) is 21.3. The van der Waals surface area contributed by atoms with Gasteiger partial charge in [-0.1, -0.05) is 30.3 Å². The van der Waals surface area contributed by atoms with Crippen molar-refractivity contribution in [1.82, 2.24) is 19.5 Å². The van der Waals surface area contributed by atoms with E-state index in [1.54, 1.807) is 30.3 Å². The molecule has 1 aliphatic rings. The highest BCUT2D eigenvalue weighted by atomic mass is 16.6. The number of hydrogen-bond donors (Lipinski definition) is 3. The van der Waals surface area contributed by atoms with Crippen molar-refractivity contribution in [1.29, 1.82) is 0 Å². The molecule has 4 rings (SSSR count). The van der Waals surface area contributed by atoms with E-state index in [1.807, 2.05) is 0 Å². The number of hydrogen-bond acceptors (Lipinski definition) is 10. The quantitative estimate of drug-likeness (QED) is 0.322. The van der Waals surface area contributed by atoms with E-state index in [4.69, 9.17) is 19.9 Å². The van der Waals surface area contributed by atoms with Crippen LogP contribution in [0.15, 0.2) is 43.0 Å². The van der Waals surface area contributed by atoms with E-state index in [1.165, 1.54) is 24.3 Å². The molecular formula is C20H23N5O6. The van der Waals surface area contributed by atoms with E-state index in [0.717, 1.165) is 0 Å². The zero-order valence-corrected chi connectivity index (χ0v) is 16.8. The number of aliphatic hydroxyl groups is 2. The number of nitrogen functional groups attached to an aromatic ring is 1. The highest BCUT2D eigenvalue weighted by Crippen LogP contribution is 2.41. The summed E-state index contributed by atoms with van der Waals surface area (Å²) < 4.78 is 18.1. The Morgan fingerprint density at radius 2 is 2.03 bits per heavy atom. The smallest absolute Gasteiger partial charge is 0.241 e. The average molecular weight is 429 g/mol. The van der Waals surface area contributed by atoms with E-state index in [0.29, 0.717) is 5.56 Å². The number of methoxy groups -OCH3 is 1. The van der Waals surface area contributed by atoms with Gasteiger partial charge in [-0.2, -0.15) is 0 Å². The van der Waals surface area contributed by atoms with Crippen LogP contribution in [0.3, 0.4) is 0 Å². The number of ether oxygens (including phenoxy) is 3. The van der Waals surface area contributed by atoms with Crippen molar-refractivity contribution in [3.63, 3.8) is 0 Å². The number of carbonyl (C=O) groups is 1. The lowest BCUT2D eigenvalue weighted by Gasteiger charge is -2.32. The maximum absolute atomic E-state index is 13.8. The summed E-state index contributed by atoms with van der Waals surface area (Å²) in [6.45, 7) is -0.0888. The largest absolute Gasteiger partial charge is 0.394 e. The Hall–Kier alpha value is -2.96. The number of imidazole rings is 1. The van der Waals surface area contributed by atoms with Crippen LogP contribution in [0.25, 0.3) is 11.2 Å². The molecule has 0 unspecified atom stereocenters. The van der Waals surface area contributed by atoms with Gasteiger partial charge in [0.15, 0.2) is 11.5 Å². The molecule has 1 fully saturated rings. The fourth-order valence-corrected chi connectivity index (χ4v) is 3.79. The fraction of sp³-hybridized carbons (Fsp3) is 0.400. The zero-order valence-electron chi connectivity index (χ0n) is 16.8. The van der Waals surface area contributed by atoms with Crippen LogP contribution in [0.2, 0.25) is 0 Å². The van der Waals surface area contributed by atoms with E-state index < -0.39 is 36.4 Å². The number of nitrogens with zero attached hydrogens (tertiary/aromatic N) is 4. The van der Waals surface area contributed by atoms with Crippen molar-refractivity contribution in [2.45, 2.75) is 24.0 Å². The van der Waals surface area contributed by atoms with Crippen molar-refractivity contribution in [3.8, 4) is 0 Å². The first kappa shape index (κ1) is 21.3. The Morgan fingerprint density at radius 1 is 1.26 bits per heavy atom. The molecule has 0 spiro atoms. The van der Waals surface area contributed by atoms with Crippen LogP contribution in [-0.2, 0) is 19.9 Å². The number of nitrogens with two attached hydrogens (primary N) is 1. The maximum atomic E-state index is 13.8. The Labute approximate surface area is 177 Å². The number of aromatic nitrogens is 4. The molecule has 0 radical (unpaired) electrons. The second kappa shape index (κ2) is 8.65. The topological polar surface area (TPSA) is 155 Å². The summed E-state index contributed by atoms with van der Waals surface area (Å²) in [5.41, 5.74) is 4.65. The van der Waals surface area contributed by atoms with Gasteiger partial charge in [0, 0.05) is 12.7 Å². The van der Waals surface area contributed by atoms with Crippen LogP contribution < -0.4 is 5.73 Å². The predicted molar refractivity (Wildman–Crippen MR) is 108 cm³/mol. The van der Waals surface area contributed by atoms with E-state index in [2.05, 4.69) is 15.0 Å². The van der Waals surface area contributed by atoms with Gasteiger partial charge in [-0.3, -0.25) is 9.36 Å². The highest BCUT2D eigenvalue weighted by molar-refractivity contribution is 6.02. The minimum absolute atomic E-state index is 0.116. The summed E-state index contributed by atoms with van der Waals surface area (Å²) in [6.07, 6.45) is -0.955. The van der Waals surface area contributed by atoms with Crippen molar-refractivity contribution < 1.29 is 29.2 Å². The first-order chi connectivity index (χ1) is 15.0. The second-order valence-corrected chi connectivity index (χ2v) is 7.05. The van der Waals surface area contributed by atoms with Crippen molar-refractivity contribution >= 4 is 22.8 Å². The number of rotatable bonds is 8. The van der Waals surface area contributed by atoms with E-state index in [-0.39, 0.29) is 30.2 Å². The van der Waals surface area contributed by atoms with Crippen LogP contribution in [0.1, 0.15) is 10.4 Å². The molecule has 2 aromatic heterocycles. The summed E-state index contributed by atoms with van der Waals surface area (Å²) in [7, 11) is 1.51. The molecule has 0 saturated carbocycles. The molecule has 3 heterocycles. The van der Waals surface area contributed by atoms with Crippen LogP contribution in [0.4, 0.5) is 5.82 Å². The first-order valence-corrected chi connectivity index (χ1v) is 9.65. The normalized spacial score (nSPS) is 25.8. The molecule has 0 amide bonds. The lowest BCUT2D eigenvalue weighted by molar-refractivity contribution is -0.113. The van der Waals surface area contributed by atoms with Crippen LogP contribution in [0.5, 0.6) is 0 Å². The van der Waals surface area contributed by atoms with Crippen molar-refractivity contribution in [2.24, 2.45) is 0 Å². The molecule has 11 nitrogen and oxygen atoms in total. The number of Topliss-reactive ketones (excluding diaryl/α,β-unsaturated/α-hetero) is 1. The molecule has 1 aliphatic heterocycles. The minimum Gasteiger partial charge on any atom is -0.394 e. The molecule has 0 bridgehead atoms. The standard InChI is InChI=1S/C20H23N5O6/c1-29-7-8-30-15-13(9-26)31-20(17(15)28,16(27)12-5-3-2-4-6-12)25-11-24-14-18(21)22-10-23-19(14)25/h2-6,10-11,13,15,17,26,28H,7-9H2,1H3,(H2,21,22,23)/t13-,15-,17-,20-/m1/s1. The first-order valence-electron chi connectivity index (χ1n) is 9.65. The Kier molecular flexibility index (Phi) is 5.94. The van der Waals surface area contributed by atoms with Gasteiger partial charge in [0.05, 0.1) is 19.8 Å². The average Bonchev–Trinajstić information content (AvgIpc) is 3.35.